The third-order valence-corrected chi connectivity index (χ3v) is 4.09. The number of carboxylic acid groups (broad SMARTS) is 1. The Kier molecular flexibility index (Phi) is 9.06. The van der Waals surface area contributed by atoms with Crippen LogP contribution >= 0.6 is 11.8 Å². The molecule has 0 aromatic carbocycles. The number of sulfone groups is 1. The van der Waals surface area contributed by atoms with E-state index in [0.717, 1.165) is 12.0 Å². The van der Waals surface area contributed by atoms with Crippen molar-refractivity contribution in [2.24, 2.45) is 0 Å². The number of hydrogen-bond donors (Lipinski definition) is 3. The van der Waals surface area contributed by atoms with E-state index in [1.165, 1.54) is 0 Å². The van der Waals surface area contributed by atoms with Crippen LogP contribution in [0.3, 0.4) is 0 Å². The van der Waals surface area contributed by atoms with Crippen molar-refractivity contribution in [3.8, 4) is 0 Å². The smallest absolute Gasteiger partial charge is 0.326 e. The molecule has 20 heavy (non-hydrogen) atoms. The number of hydrogen-bond acceptors (Lipinski definition) is 5. The van der Waals surface area contributed by atoms with Gasteiger partial charge in [0.05, 0.1) is 5.75 Å². The molecule has 7 nitrogen and oxygen atoms in total. The largest absolute Gasteiger partial charge is 0.480 e. The van der Waals surface area contributed by atoms with Crippen LogP contribution < -0.4 is 10.6 Å². The summed E-state index contributed by atoms with van der Waals surface area (Å²) in [7, 11) is -3.26. The van der Waals surface area contributed by atoms with Gasteiger partial charge in [-0.05, 0) is 6.42 Å². The molecule has 0 aliphatic heterocycles. The van der Waals surface area contributed by atoms with Gasteiger partial charge in [0, 0.05) is 24.3 Å². The van der Waals surface area contributed by atoms with Crippen molar-refractivity contribution in [2.45, 2.75) is 12.5 Å². The highest BCUT2D eigenvalue weighted by Crippen LogP contribution is 1.98. The topological polar surface area (TPSA) is 113 Å². The van der Waals surface area contributed by atoms with Crippen LogP contribution in [0.2, 0.25) is 0 Å². The van der Waals surface area contributed by atoms with E-state index in [-0.39, 0.29) is 12.2 Å². The van der Waals surface area contributed by atoms with Crippen LogP contribution in [0.15, 0.2) is 12.7 Å². The Morgan fingerprint density at radius 2 is 2.10 bits per heavy atom. The molecule has 1 atom stereocenters. The maximum atomic E-state index is 11.5. The number of aliphatic carboxylic acids is 1. The lowest BCUT2D eigenvalue weighted by molar-refractivity contribution is -0.139. The van der Waals surface area contributed by atoms with Crippen LogP contribution in [-0.4, -0.2) is 61.6 Å². The second-order valence-corrected chi connectivity index (χ2v) is 7.48. The molecule has 2 amide bonds. The summed E-state index contributed by atoms with van der Waals surface area (Å²) in [6.07, 6.45) is 2.60. The molecular formula is C11H20N2O5S2. The number of carbonyl (C=O) groups excluding carboxylic acids is 1. The van der Waals surface area contributed by atoms with Crippen molar-refractivity contribution in [3.05, 3.63) is 12.7 Å². The molecule has 0 aromatic rings. The van der Waals surface area contributed by atoms with Gasteiger partial charge in [-0.2, -0.15) is 11.8 Å². The Bertz CT molecular complexity index is 436. The average molecular weight is 324 g/mol. The molecule has 0 saturated carbocycles. The Balaban J connectivity index is 4.08. The van der Waals surface area contributed by atoms with Gasteiger partial charge in [-0.15, -0.1) is 6.58 Å². The molecule has 0 fully saturated rings. The highest BCUT2D eigenvalue weighted by atomic mass is 32.2. The zero-order chi connectivity index (χ0) is 15.6. The summed E-state index contributed by atoms with van der Waals surface area (Å²) >= 11 is 1.58. The van der Waals surface area contributed by atoms with E-state index in [2.05, 4.69) is 17.2 Å². The molecule has 0 radical (unpaired) electrons. The summed E-state index contributed by atoms with van der Waals surface area (Å²) in [5.41, 5.74) is 0. The minimum absolute atomic E-state index is 0.160. The number of urea groups is 1. The molecule has 3 N–H and O–H groups in total. The van der Waals surface area contributed by atoms with Gasteiger partial charge in [0.1, 0.15) is 15.9 Å². The maximum Gasteiger partial charge on any atom is 0.326 e. The fourth-order valence-corrected chi connectivity index (χ4v) is 2.45. The van der Waals surface area contributed by atoms with E-state index in [1.54, 1.807) is 17.8 Å². The lowest BCUT2D eigenvalue weighted by atomic mass is 10.2. The molecule has 0 rings (SSSR count). The molecule has 0 saturated heterocycles. The highest BCUT2D eigenvalue weighted by Gasteiger charge is 2.21. The Labute approximate surface area is 123 Å². The van der Waals surface area contributed by atoms with Crippen LogP contribution in [0.5, 0.6) is 0 Å². The van der Waals surface area contributed by atoms with E-state index in [4.69, 9.17) is 5.11 Å². The molecule has 0 aliphatic rings. The molecule has 1 unspecified atom stereocenters. The Hall–Kier alpha value is -1.22. The maximum absolute atomic E-state index is 11.5. The van der Waals surface area contributed by atoms with Crippen molar-refractivity contribution in [1.29, 1.82) is 0 Å². The SMILES string of the molecule is C=CCSCCNC(=O)NC(CCS(C)(=O)=O)C(=O)O. The van der Waals surface area contributed by atoms with Gasteiger partial charge >= 0.3 is 12.0 Å². The zero-order valence-corrected chi connectivity index (χ0v) is 12.9. The van der Waals surface area contributed by atoms with Crippen LogP contribution in [0, 0.1) is 0 Å². The first-order chi connectivity index (χ1) is 9.26. The summed E-state index contributed by atoms with van der Waals surface area (Å²) in [6, 6.07) is -1.84. The molecule has 0 heterocycles. The van der Waals surface area contributed by atoms with Gasteiger partial charge in [-0.1, -0.05) is 6.08 Å². The molecule has 9 heteroatoms. The van der Waals surface area contributed by atoms with Crippen LogP contribution in [0.25, 0.3) is 0 Å². The predicted octanol–water partition coefficient (Wildman–Crippen LogP) is 0.0927. The minimum Gasteiger partial charge on any atom is -0.480 e. The van der Waals surface area contributed by atoms with Crippen LogP contribution in [-0.2, 0) is 14.6 Å². The molecule has 0 aliphatic carbocycles. The van der Waals surface area contributed by atoms with Gasteiger partial charge in [-0.3, -0.25) is 0 Å². The van der Waals surface area contributed by atoms with Crippen molar-refractivity contribution in [3.63, 3.8) is 0 Å². The first kappa shape index (κ1) is 18.8. The summed E-state index contributed by atoms with van der Waals surface area (Å²) in [6.45, 7) is 3.95. The summed E-state index contributed by atoms with van der Waals surface area (Å²) in [4.78, 5) is 22.4. The third-order valence-electron chi connectivity index (χ3n) is 2.15. The third kappa shape index (κ3) is 10.7. The van der Waals surface area contributed by atoms with E-state index < -0.39 is 27.9 Å². The second kappa shape index (κ2) is 9.65. The van der Waals surface area contributed by atoms with Gasteiger partial charge in [0.25, 0.3) is 0 Å². The number of carbonyl (C=O) groups is 2. The standard InChI is InChI=1S/C11H20N2O5S2/c1-3-6-19-7-5-12-11(16)13-9(10(14)15)4-8-20(2,17)18/h3,9H,1,4-8H2,2H3,(H,14,15)(H2,12,13,16). The fraction of sp³-hybridized carbons (Fsp3) is 0.636. The van der Waals surface area contributed by atoms with Crippen molar-refractivity contribution in [2.75, 3.05) is 30.1 Å². The van der Waals surface area contributed by atoms with E-state index >= 15 is 0 Å². The normalized spacial score (nSPS) is 12.4. The number of amides is 2. The molecule has 116 valence electrons. The van der Waals surface area contributed by atoms with Gasteiger partial charge in [0.2, 0.25) is 0 Å². The lowest BCUT2D eigenvalue weighted by Gasteiger charge is -2.14. The molecule has 0 spiro atoms. The molecule has 0 bridgehead atoms. The Morgan fingerprint density at radius 3 is 2.60 bits per heavy atom. The predicted molar refractivity (Wildman–Crippen MR) is 79.8 cm³/mol. The van der Waals surface area contributed by atoms with Gasteiger partial charge in [-0.25, -0.2) is 18.0 Å². The molecule has 0 aromatic heterocycles. The first-order valence-electron chi connectivity index (χ1n) is 5.90. The lowest BCUT2D eigenvalue weighted by Crippen LogP contribution is -2.47. The van der Waals surface area contributed by atoms with Gasteiger partial charge in [0.15, 0.2) is 0 Å². The number of nitrogens with one attached hydrogen (secondary N) is 2. The number of carboxylic acids is 1. The minimum atomic E-state index is -3.26. The van der Waals surface area contributed by atoms with E-state index in [9.17, 15) is 18.0 Å². The monoisotopic (exact) mass is 324 g/mol. The summed E-state index contributed by atoms with van der Waals surface area (Å²) in [5, 5.41) is 13.7. The highest BCUT2D eigenvalue weighted by molar-refractivity contribution is 7.99. The zero-order valence-electron chi connectivity index (χ0n) is 11.3. The van der Waals surface area contributed by atoms with Crippen molar-refractivity contribution in [1.82, 2.24) is 10.6 Å². The van der Waals surface area contributed by atoms with Crippen LogP contribution in [0.4, 0.5) is 4.79 Å². The Morgan fingerprint density at radius 1 is 1.45 bits per heavy atom. The molecular weight excluding hydrogens is 304 g/mol. The number of thioether (sulfide) groups is 1. The summed E-state index contributed by atoms with van der Waals surface area (Å²) in [5.74, 6) is -0.0974. The average Bonchev–Trinajstić information content (AvgIpc) is 2.32. The second-order valence-electron chi connectivity index (χ2n) is 4.07. The van der Waals surface area contributed by atoms with E-state index in [1.807, 2.05) is 0 Å². The first-order valence-corrected chi connectivity index (χ1v) is 9.11. The summed E-state index contributed by atoms with van der Waals surface area (Å²) < 4.78 is 22.0. The van der Waals surface area contributed by atoms with Gasteiger partial charge < -0.3 is 15.7 Å². The number of rotatable bonds is 10. The quantitative estimate of drug-likeness (QED) is 0.388. The fourth-order valence-electron chi connectivity index (χ4n) is 1.20. The van der Waals surface area contributed by atoms with Crippen LogP contribution in [0.1, 0.15) is 6.42 Å². The van der Waals surface area contributed by atoms with Crippen molar-refractivity contribution < 1.29 is 23.1 Å². The van der Waals surface area contributed by atoms with Crippen molar-refractivity contribution >= 4 is 33.6 Å². The van der Waals surface area contributed by atoms with E-state index in [0.29, 0.717) is 12.3 Å².